The van der Waals surface area contributed by atoms with Gasteiger partial charge in [0.2, 0.25) is 0 Å². The van der Waals surface area contributed by atoms with Gasteiger partial charge in [0, 0.05) is 57.5 Å². The van der Waals surface area contributed by atoms with Crippen LogP contribution >= 0.6 is 0 Å². The van der Waals surface area contributed by atoms with Crippen molar-refractivity contribution in [3.63, 3.8) is 0 Å². The minimum atomic E-state index is -0.383. The molecule has 0 unspecified atom stereocenters. The van der Waals surface area contributed by atoms with E-state index in [-0.39, 0.29) is 12.1 Å². The lowest BCUT2D eigenvalue weighted by atomic mass is 9.94. The summed E-state index contributed by atoms with van der Waals surface area (Å²) in [5.74, 6) is 1.75. The molecule has 0 saturated carbocycles. The van der Waals surface area contributed by atoms with E-state index in [9.17, 15) is 5.11 Å². The topological polar surface area (TPSA) is 73.8 Å². The molecular weight excluding hydrogens is 378 g/mol. The van der Waals surface area contributed by atoms with Crippen LogP contribution in [0, 0.1) is 0 Å². The van der Waals surface area contributed by atoms with E-state index in [1.54, 1.807) is 6.33 Å². The third-order valence-electron chi connectivity index (χ3n) is 6.73. The number of benzene rings is 1. The molecule has 2 aromatic rings. The highest BCUT2D eigenvalue weighted by Gasteiger charge is 2.34. The van der Waals surface area contributed by atoms with E-state index < -0.39 is 0 Å². The standard InChI is InChI=1S/C23H31N5O2/c29-21-15-28(23-13-22(24-16-25-23)26-19-7-11-30-12-8-19)10-6-20(21)27-9-5-17-3-1-2-4-18(17)14-27/h1-4,13,16,19-21,29H,5-12,14-15H2,(H,24,25,26)/t20-,21-/m0/s1. The third-order valence-corrected chi connectivity index (χ3v) is 6.73. The van der Waals surface area contributed by atoms with Gasteiger partial charge in [0.25, 0.3) is 0 Å². The first-order valence-electron chi connectivity index (χ1n) is 11.2. The predicted octanol–water partition coefficient (Wildman–Crippen LogP) is 2.07. The Morgan fingerprint density at radius 1 is 1.03 bits per heavy atom. The molecule has 2 N–H and O–H groups in total. The largest absolute Gasteiger partial charge is 0.390 e. The van der Waals surface area contributed by atoms with Crippen LogP contribution in [0.4, 0.5) is 11.6 Å². The van der Waals surface area contributed by atoms with Crippen molar-refractivity contribution in [1.29, 1.82) is 0 Å². The molecule has 160 valence electrons. The summed E-state index contributed by atoms with van der Waals surface area (Å²) >= 11 is 0. The van der Waals surface area contributed by atoms with Gasteiger partial charge in [-0.25, -0.2) is 9.97 Å². The van der Waals surface area contributed by atoms with Crippen molar-refractivity contribution >= 4 is 11.6 Å². The molecule has 0 amide bonds. The molecule has 4 heterocycles. The van der Waals surface area contributed by atoms with Gasteiger partial charge >= 0.3 is 0 Å². The molecule has 3 aliphatic rings. The molecule has 1 aromatic heterocycles. The average molecular weight is 410 g/mol. The van der Waals surface area contributed by atoms with Gasteiger partial charge in [-0.2, -0.15) is 0 Å². The van der Waals surface area contributed by atoms with E-state index in [1.807, 2.05) is 6.07 Å². The number of anilines is 2. The van der Waals surface area contributed by atoms with Crippen LogP contribution in [0.25, 0.3) is 0 Å². The molecule has 0 spiro atoms. The number of aliphatic hydroxyl groups is 1. The summed E-state index contributed by atoms with van der Waals surface area (Å²) in [6.07, 6.45) is 5.25. The summed E-state index contributed by atoms with van der Waals surface area (Å²) in [5.41, 5.74) is 2.85. The molecule has 0 radical (unpaired) electrons. The maximum atomic E-state index is 11.0. The molecule has 2 atom stereocenters. The Balaban J connectivity index is 1.21. The van der Waals surface area contributed by atoms with Gasteiger partial charge < -0.3 is 20.1 Å². The van der Waals surface area contributed by atoms with Gasteiger partial charge in [0.15, 0.2) is 0 Å². The minimum Gasteiger partial charge on any atom is -0.390 e. The number of piperidine rings is 1. The van der Waals surface area contributed by atoms with Crippen molar-refractivity contribution in [3.8, 4) is 0 Å². The average Bonchev–Trinajstić information content (AvgIpc) is 2.79. The maximum absolute atomic E-state index is 11.0. The van der Waals surface area contributed by atoms with Crippen LogP contribution in [0.2, 0.25) is 0 Å². The fourth-order valence-corrected chi connectivity index (χ4v) is 5.00. The molecule has 7 nitrogen and oxygen atoms in total. The number of aromatic nitrogens is 2. The van der Waals surface area contributed by atoms with Crippen LogP contribution in [0.5, 0.6) is 0 Å². The van der Waals surface area contributed by atoms with Crippen molar-refractivity contribution in [3.05, 3.63) is 47.8 Å². The van der Waals surface area contributed by atoms with Crippen LogP contribution in [0.15, 0.2) is 36.7 Å². The van der Waals surface area contributed by atoms with Crippen LogP contribution in [0.3, 0.4) is 0 Å². The zero-order valence-electron chi connectivity index (χ0n) is 17.4. The van der Waals surface area contributed by atoms with E-state index in [0.29, 0.717) is 12.6 Å². The lowest BCUT2D eigenvalue weighted by molar-refractivity contribution is 0.0293. The molecular formula is C23H31N5O2. The summed E-state index contributed by atoms with van der Waals surface area (Å²) in [7, 11) is 0. The fraction of sp³-hybridized carbons (Fsp3) is 0.565. The third kappa shape index (κ3) is 4.29. The molecule has 7 heteroatoms. The van der Waals surface area contributed by atoms with Crippen molar-refractivity contribution in [2.45, 2.75) is 50.4 Å². The Labute approximate surface area is 178 Å². The Bertz CT molecular complexity index is 857. The Kier molecular flexibility index (Phi) is 5.84. The molecule has 0 bridgehead atoms. The molecule has 0 aliphatic carbocycles. The van der Waals surface area contributed by atoms with Crippen molar-refractivity contribution in [2.24, 2.45) is 0 Å². The Morgan fingerprint density at radius 2 is 1.87 bits per heavy atom. The van der Waals surface area contributed by atoms with E-state index in [1.165, 1.54) is 11.1 Å². The molecule has 2 fully saturated rings. The highest BCUT2D eigenvalue weighted by molar-refractivity contribution is 5.49. The molecule has 3 aliphatic heterocycles. The zero-order chi connectivity index (χ0) is 20.3. The molecule has 5 rings (SSSR count). The van der Waals surface area contributed by atoms with E-state index in [0.717, 1.165) is 70.2 Å². The monoisotopic (exact) mass is 409 g/mol. The number of fused-ring (bicyclic) bond motifs is 1. The number of nitrogens with one attached hydrogen (secondary N) is 1. The van der Waals surface area contributed by atoms with Gasteiger partial charge in [-0.05, 0) is 36.8 Å². The number of ether oxygens (including phenoxy) is 1. The Hall–Kier alpha value is -2.22. The van der Waals surface area contributed by atoms with Crippen molar-refractivity contribution in [2.75, 3.05) is 43.1 Å². The van der Waals surface area contributed by atoms with E-state index in [2.05, 4.69) is 49.4 Å². The van der Waals surface area contributed by atoms with Crippen LogP contribution in [-0.4, -0.2) is 71.0 Å². The quantitative estimate of drug-likeness (QED) is 0.801. The number of rotatable bonds is 4. The van der Waals surface area contributed by atoms with Gasteiger partial charge in [0.1, 0.15) is 18.0 Å². The molecule has 2 saturated heterocycles. The summed E-state index contributed by atoms with van der Waals surface area (Å²) in [6, 6.07) is 11.3. The van der Waals surface area contributed by atoms with Crippen molar-refractivity contribution in [1.82, 2.24) is 14.9 Å². The predicted molar refractivity (Wildman–Crippen MR) is 117 cm³/mol. The summed E-state index contributed by atoms with van der Waals surface area (Å²) < 4.78 is 5.43. The second kappa shape index (κ2) is 8.88. The number of nitrogens with zero attached hydrogens (tertiary/aromatic N) is 4. The van der Waals surface area contributed by atoms with Crippen LogP contribution in [0.1, 0.15) is 30.4 Å². The highest BCUT2D eigenvalue weighted by atomic mass is 16.5. The SMILES string of the molecule is O[C@H]1CN(c2cc(NC3CCOCC3)ncn2)CC[C@@H]1N1CCc2ccccc2C1. The van der Waals surface area contributed by atoms with Gasteiger partial charge in [-0.1, -0.05) is 24.3 Å². The summed E-state index contributed by atoms with van der Waals surface area (Å²) in [5, 5.41) is 14.5. The first-order chi connectivity index (χ1) is 14.8. The van der Waals surface area contributed by atoms with Gasteiger partial charge in [-0.3, -0.25) is 4.90 Å². The van der Waals surface area contributed by atoms with E-state index in [4.69, 9.17) is 4.74 Å². The van der Waals surface area contributed by atoms with Crippen molar-refractivity contribution < 1.29 is 9.84 Å². The van der Waals surface area contributed by atoms with Gasteiger partial charge in [0.05, 0.1) is 6.10 Å². The normalized spacial score (nSPS) is 25.7. The number of hydrogen-bond acceptors (Lipinski definition) is 7. The first-order valence-corrected chi connectivity index (χ1v) is 11.2. The lowest BCUT2D eigenvalue weighted by Gasteiger charge is -2.43. The summed E-state index contributed by atoms with van der Waals surface area (Å²) in [4.78, 5) is 13.5. The Morgan fingerprint density at radius 3 is 2.70 bits per heavy atom. The summed E-state index contributed by atoms with van der Waals surface area (Å²) in [6.45, 7) is 5.06. The van der Waals surface area contributed by atoms with Gasteiger partial charge in [-0.15, -0.1) is 0 Å². The number of hydrogen-bond donors (Lipinski definition) is 2. The smallest absolute Gasteiger partial charge is 0.134 e. The maximum Gasteiger partial charge on any atom is 0.134 e. The zero-order valence-corrected chi connectivity index (χ0v) is 17.4. The lowest BCUT2D eigenvalue weighted by Crippen LogP contribution is -2.55. The van der Waals surface area contributed by atoms with E-state index >= 15 is 0 Å². The molecule has 1 aromatic carbocycles. The number of aliphatic hydroxyl groups excluding tert-OH is 1. The number of β-amino-alcohol motifs (C(OH)–C–C–N with tert-alkyl or cyclic N) is 1. The fourth-order valence-electron chi connectivity index (χ4n) is 5.00. The minimum absolute atomic E-state index is 0.205. The second-order valence-corrected chi connectivity index (χ2v) is 8.65. The van der Waals surface area contributed by atoms with Crippen LogP contribution < -0.4 is 10.2 Å². The van der Waals surface area contributed by atoms with Crippen LogP contribution in [-0.2, 0) is 17.7 Å². The second-order valence-electron chi connectivity index (χ2n) is 8.65. The molecule has 30 heavy (non-hydrogen) atoms. The first kappa shape index (κ1) is 19.7. The highest BCUT2D eigenvalue weighted by Crippen LogP contribution is 2.27.